The average molecular weight is 322 g/mol. The summed E-state index contributed by atoms with van der Waals surface area (Å²) in [5, 5.41) is 3.55. The summed E-state index contributed by atoms with van der Waals surface area (Å²) in [6.07, 6.45) is 1.72. The Hall–Kier alpha value is -1.06. The topological polar surface area (TPSA) is 25.2 Å². The van der Waals surface area contributed by atoms with Crippen LogP contribution in [0.5, 0.6) is 0 Å². The SMILES string of the molecule is CCNC(c1ccoc1Br)c1c(C)cc(C)cc1C. The van der Waals surface area contributed by atoms with Gasteiger partial charge in [-0.2, -0.15) is 0 Å². The molecule has 19 heavy (non-hydrogen) atoms. The Balaban J connectivity index is 2.54. The summed E-state index contributed by atoms with van der Waals surface area (Å²) in [4.78, 5) is 0. The van der Waals surface area contributed by atoms with E-state index in [0.29, 0.717) is 0 Å². The molecule has 0 aliphatic heterocycles. The van der Waals surface area contributed by atoms with E-state index in [-0.39, 0.29) is 6.04 Å². The Morgan fingerprint density at radius 2 is 1.84 bits per heavy atom. The van der Waals surface area contributed by atoms with E-state index < -0.39 is 0 Å². The average Bonchev–Trinajstić information content (AvgIpc) is 2.73. The summed E-state index contributed by atoms with van der Waals surface area (Å²) in [6, 6.07) is 6.66. The molecule has 1 unspecified atom stereocenters. The van der Waals surface area contributed by atoms with E-state index in [1.165, 1.54) is 22.3 Å². The van der Waals surface area contributed by atoms with E-state index in [4.69, 9.17) is 4.42 Å². The highest BCUT2D eigenvalue weighted by Crippen LogP contribution is 2.33. The van der Waals surface area contributed by atoms with Gasteiger partial charge in [0.25, 0.3) is 0 Å². The van der Waals surface area contributed by atoms with Crippen molar-refractivity contribution in [3.05, 3.63) is 56.9 Å². The minimum atomic E-state index is 0.165. The van der Waals surface area contributed by atoms with E-state index >= 15 is 0 Å². The van der Waals surface area contributed by atoms with E-state index in [1.807, 2.05) is 6.07 Å². The van der Waals surface area contributed by atoms with Crippen LogP contribution in [0.4, 0.5) is 0 Å². The molecule has 2 rings (SSSR count). The molecule has 0 saturated carbocycles. The van der Waals surface area contributed by atoms with Crippen molar-refractivity contribution in [1.82, 2.24) is 5.32 Å². The minimum absolute atomic E-state index is 0.165. The first-order chi connectivity index (χ1) is 9.04. The number of nitrogens with one attached hydrogen (secondary N) is 1. The van der Waals surface area contributed by atoms with Crippen molar-refractivity contribution in [2.45, 2.75) is 33.7 Å². The normalized spacial score (nSPS) is 12.7. The van der Waals surface area contributed by atoms with E-state index in [0.717, 1.165) is 16.8 Å². The minimum Gasteiger partial charge on any atom is -0.457 e. The maximum atomic E-state index is 5.39. The Kier molecular flexibility index (Phi) is 4.48. The van der Waals surface area contributed by atoms with Crippen molar-refractivity contribution >= 4 is 15.9 Å². The summed E-state index contributed by atoms with van der Waals surface area (Å²) in [6.45, 7) is 9.52. The van der Waals surface area contributed by atoms with E-state index in [9.17, 15) is 0 Å². The van der Waals surface area contributed by atoms with Gasteiger partial charge in [0.2, 0.25) is 0 Å². The molecule has 1 atom stereocenters. The number of hydrogen-bond acceptors (Lipinski definition) is 2. The van der Waals surface area contributed by atoms with Gasteiger partial charge in [-0.25, -0.2) is 0 Å². The van der Waals surface area contributed by atoms with Crippen LogP contribution in [0.1, 0.15) is 40.8 Å². The van der Waals surface area contributed by atoms with Crippen molar-refractivity contribution in [2.75, 3.05) is 6.54 Å². The van der Waals surface area contributed by atoms with Crippen LogP contribution >= 0.6 is 15.9 Å². The Labute approximate surface area is 123 Å². The first-order valence-electron chi connectivity index (χ1n) is 6.58. The third-order valence-electron chi connectivity index (χ3n) is 3.39. The Bertz CT molecular complexity index is 551. The molecule has 1 aromatic carbocycles. The van der Waals surface area contributed by atoms with Crippen molar-refractivity contribution in [1.29, 1.82) is 0 Å². The van der Waals surface area contributed by atoms with Crippen LogP contribution in [0.2, 0.25) is 0 Å². The van der Waals surface area contributed by atoms with Gasteiger partial charge in [0.15, 0.2) is 4.67 Å². The third kappa shape index (κ3) is 2.93. The van der Waals surface area contributed by atoms with Crippen molar-refractivity contribution in [2.24, 2.45) is 0 Å². The van der Waals surface area contributed by atoms with Gasteiger partial charge in [-0.3, -0.25) is 0 Å². The number of aryl methyl sites for hydroxylation is 3. The fraction of sp³-hybridized carbons (Fsp3) is 0.375. The molecule has 102 valence electrons. The highest BCUT2D eigenvalue weighted by molar-refractivity contribution is 9.10. The smallest absolute Gasteiger partial charge is 0.174 e. The third-order valence-corrected chi connectivity index (χ3v) is 4.04. The van der Waals surface area contributed by atoms with Crippen LogP contribution in [0.15, 0.2) is 33.5 Å². The summed E-state index contributed by atoms with van der Waals surface area (Å²) < 4.78 is 6.20. The van der Waals surface area contributed by atoms with Gasteiger partial charge in [0.1, 0.15) is 0 Å². The van der Waals surface area contributed by atoms with Gasteiger partial charge < -0.3 is 9.73 Å². The second-order valence-corrected chi connectivity index (χ2v) is 5.67. The first kappa shape index (κ1) is 14.4. The molecule has 0 spiro atoms. The summed E-state index contributed by atoms with van der Waals surface area (Å²) in [7, 11) is 0. The zero-order valence-corrected chi connectivity index (χ0v) is 13.5. The number of furan rings is 1. The van der Waals surface area contributed by atoms with Gasteiger partial charge in [0, 0.05) is 5.56 Å². The second kappa shape index (κ2) is 5.93. The van der Waals surface area contributed by atoms with Gasteiger partial charge in [-0.15, -0.1) is 0 Å². The molecule has 0 amide bonds. The number of benzene rings is 1. The fourth-order valence-electron chi connectivity index (χ4n) is 2.73. The molecule has 3 heteroatoms. The molecule has 0 fully saturated rings. The van der Waals surface area contributed by atoms with Crippen molar-refractivity contribution < 1.29 is 4.42 Å². The standard InChI is InChI=1S/C16H20BrNO/c1-5-18-15(13-6-7-19-16(13)17)14-11(3)8-10(2)9-12(14)4/h6-9,15,18H,5H2,1-4H3. The molecule has 0 saturated heterocycles. The molecule has 0 aliphatic carbocycles. The molecule has 2 nitrogen and oxygen atoms in total. The predicted molar refractivity (Wildman–Crippen MR) is 82.6 cm³/mol. The van der Waals surface area contributed by atoms with Crippen LogP contribution in [-0.2, 0) is 0 Å². The monoisotopic (exact) mass is 321 g/mol. The molecule has 0 aliphatic rings. The summed E-state index contributed by atoms with van der Waals surface area (Å²) >= 11 is 3.49. The summed E-state index contributed by atoms with van der Waals surface area (Å²) in [5.74, 6) is 0. The van der Waals surface area contributed by atoms with Crippen LogP contribution < -0.4 is 5.32 Å². The lowest BCUT2D eigenvalue weighted by atomic mass is 9.91. The highest BCUT2D eigenvalue weighted by Gasteiger charge is 2.21. The van der Waals surface area contributed by atoms with Crippen LogP contribution in [0.25, 0.3) is 0 Å². The van der Waals surface area contributed by atoms with Crippen LogP contribution in [-0.4, -0.2) is 6.54 Å². The predicted octanol–water partition coefficient (Wildman–Crippen LogP) is 4.67. The molecule has 1 N–H and O–H groups in total. The largest absolute Gasteiger partial charge is 0.457 e. The lowest BCUT2D eigenvalue weighted by Gasteiger charge is -2.22. The zero-order chi connectivity index (χ0) is 14.0. The Morgan fingerprint density at radius 1 is 1.21 bits per heavy atom. The molecule has 1 heterocycles. The zero-order valence-electron chi connectivity index (χ0n) is 11.9. The van der Waals surface area contributed by atoms with Crippen LogP contribution in [0, 0.1) is 20.8 Å². The highest BCUT2D eigenvalue weighted by atomic mass is 79.9. The fourth-order valence-corrected chi connectivity index (χ4v) is 3.20. The molecule has 0 bridgehead atoms. The van der Waals surface area contributed by atoms with Gasteiger partial charge in [0.05, 0.1) is 12.3 Å². The van der Waals surface area contributed by atoms with Gasteiger partial charge in [-0.05, 0) is 66.0 Å². The number of halogens is 1. The van der Waals surface area contributed by atoms with Crippen LogP contribution in [0.3, 0.4) is 0 Å². The Morgan fingerprint density at radius 3 is 2.32 bits per heavy atom. The maximum absolute atomic E-state index is 5.39. The van der Waals surface area contributed by atoms with Crippen molar-refractivity contribution in [3.63, 3.8) is 0 Å². The lowest BCUT2D eigenvalue weighted by molar-refractivity contribution is 0.526. The van der Waals surface area contributed by atoms with Crippen molar-refractivity contribution in [3.8, 4) is 0 Å². The molecular weight excluding hydrogens is 302 g/mol. The van der Waals surface area contributed by atoms with E-state index in [2.05, 4.69) is 61.1 Å². The van der Waals surface area contributed by atoms with E-state index in [1.54, 1.807) is 6.26 Å². The molecule has 0 radical (unpaired) electrons. The first-order valence-corrected chi connectivity index (χ1v) is 7.38. The lowest BCUT2D eigenvalue weighted by Crippen LogP contribution is -2.23. The number of hydrogen-bond donors (Lipinski definition) is 1. The number of rotatable bonds is 4. The maximum Gasteiger partial charge on any atom is 0.174 e. The van der Waals surface area contributed by atoms with Gasteiger partial charge >= 0.3 is 0 Å². The molecule has 2 aromatic rings. The summed E-state index contributed by atoms with van der Waals surface area (Å²) in [5.41, 5.74) is 6.43. The second-order valence-electron chi connectivity index (χ2n) is 4.95. The molecular formula is C16H20BrNO. The molecule has 1 aromatic heterocycles. The van der Waals surface area contributed by atoms with Gasteiger partial charge in [-0.1, -0.05) is 24.6 Å². The quantitative estimate of drug-likeness (QED) is 0.885.